The molecule has 0 aliphatic carbocycles. The topological polar surface area (TPSA) is 99.8 Å². The van der Waals surface area contributed by atoms with Crippen LogP contribution in [-0.2, 0) is 6.42 Å². The van der Waals surface area contributed by atoms with Gasteiger partial charge in [0.25, 0.3) is 0 Å². The van der Waals surface area contributed by atoms with E-state index in [2.05, 4.69) is 9.97 Å². The lowest BCUT2D eigenvalue weighted by molar-refractivity contribution is 0.442. The highest BCUT2D eigenvalue weighted by Gasteiger charge is 2.26. The third-order valence-corrected chi connectivity index (χ3v) is 5.63. The van der Waals surface area contributed by atoms with Crippen molar-refractivity contribution >= 4 is 27.8 Å². The van der Waals surface area contributed by atoms with Crippen LogP contribution in [-0.4, -0.2) is 19.7 Å². The largest absolute Gasteiger partial charge is 0.458 e. The van der Waals surface area contributed by atoms with Crippen molar-refractivity contribution in [1.29, 1.82) is 0 Å². The van der Waals surface area contributed by atoms with Gasteiger partial charge in [-0.25, -0.2) is 19.0 Å². The molecule has 2 aromatic carbocycles. The van der Waals surface area contributed by atoms with Crippen LogP contribution >= 0.6 is 0 Å². The zero-order valence-electron chi connectivity index (χ0n) is 17.5. The maximum Gasteiger partial charge on any atom is 0.203 e. The Labute approximate surface area is 182 Å². The molecule has 5 aromatic rings. The Balaban J connectivity index is 1.84. The molecule has 0 amide bonds. The normalized spacial score (nSPS) is 12.5. The zero-order valence-corrected chi connectivity index (χ0v) is 17.5. The summed E-state index contributed by atoms with van der Waals surface area (Å²) >= 11 is 0. The molecule has 5 rings (SSSR count). The van der Waals surface area contributed by atoms with Crippen LogP contribution in [0.25, 0.3) is 33.1 Å². The van der Waals surface area contributed by atoms with Crippen LogP contribution in [0.4, 0.5) is 10.2 Å². The Hall–Kier alpha value is -4.07. The number of nitrogens with zero attached hydrogens (tertiary/aromatic N) is 4. The maximum atomic E-state index is 14.6. The third kappa shape index (κ3) is 2.95. The van der Waals surface area contributed by atoms with Gasteiger partial charge in [0.1, 0.15) is 40.7 Å². The number of anilines is 1. The van der Waals surface area contributed by atoms with Gasteiger partial charge >= 0.3 is 0 Å². The minimum atomic E-state index is -0.619. The number of aryl methyl sites for hydroxylation is 1. The number of rotatable bonds is 4. The van der Waals surface area contributed by atoms with Crippen molar-refractivity contribution in [3.63, 3.8) is 0 Å². The molecule has 0 fully saturated rings. The van der Waals surface area contributed by atoms with Crippen LogP contribution in [0.2, 0.25) is 0 Å². The minimum Gasteiger partial charge on any atom is -0.458 e. The monoisotopic (exact) mass is 429 g/mol. The lowest BCUT2D eigenvalue weighted by Crippen LogP contribution is -2.17. The fourth-order valence-electron chi connectivity index (χ4n) is 4.08. The van der Waals surface area contributed by atoms with E-state index in [0.29, 0.717) is 40.2 Å². The second kappa shape index (κ2) is 7.56. The number of hydrogen-bond donors (Lipinski definition) is 1. The summed E-state index contributed by atoms with van der Waals surface area (Å²) in [5, 5.41) is 5.31. The maximum absolute atomic E-state index is 14.6. The van der Waals surface area contributed by atoms with Crippen LogP contribution in [0.15, 0.2) is 64.1 Å². The number of halogens is 1. The Morgan fingerprint density at radius 3 is 2.62 bits per heavy atom. The van der Waals surface area contributed by atoms with Crippen molar-refractivity contribution in [3.05, 3.63) is 82.4 Å². The van der Waals surface area contributed by atoms with E-state index in [1.54, 1.807) is 22.9 Å². The summed E-state index contributed by atoms with van der Waals surface area (Å²) in [5.41, 5.74) is 8.07. The average molecular weight is 429 g/mol. The van der Waals surface area contributed by atoms with E-state index < -0.39 is 17.3 Å². The molecule has 0 spiro atoms. The molecule has 1 unspecified atom stereocenters. The van der Waals surface area contributed by atoms with Gasteiger partial charge in [-0.1, -0.05) is 43.3 Å². The Morgan fingerprint density at radius 1 is 1.09 bits per heavy atom. The summed E-state index contributed by atoms with van der Waals surface area (Å²) in [6, 6.07) is 12.9. The van der Waals surface area contributed by atoms with Gasteiger partial charge in [-0.15, -0.1) is 0 Å². The first-order valence-electron chi connectivity index (χ1n) is 10.3. The van der Waals surface area contributed by atoms with Gasteiger partial charge < -0.3 is 10.2 Å². The van der Waals surface area contributed by atoms with Gasteiger partial charge in [0.15, 0.2) is 5.65 Å². The highest BCUT2D eigenvalue weighted by molar-refractivity contribution is 5.88. The molecular weight excluding hydrogens is 409 g/mol. The summed E-state index contributed by atoms with van der Waals surface area (Å²) in [6.07, 6.45) is 2.01. The number of nitrogen functional groups attached to an aromatic ring is 1. The van der Waals surface area contributed by atoms with Crippen molar-refractivity contribution in [3.8, 4) is 11.1 Å². The Morgan fingerprint density at radius 2 is 1.88 bits per heavy atom. The van der Waals surface area contributed by atoms with Gasteiger partial charge in [0.2, 0.25) is 5.43 Å². The molecule has 160 valence electrons. The molecule has 0 saturated heterocycles. The summed E-state index contributed by atoms with van der Waals surface area (Å²) < 4.78 is 22.4. The molecule has 7 nitrogen and oxygen atoms in total. The van der Waals surface area contributed by atoms with E-state index in [1.165, 1.54) is 18.5 Å². The summed E-state index contributed by atoms with van der Waals surface area (Å²) in [4.78, 5) is 22.0. The van der Waals surface area contributed by atoms with Gasteiger partial charge in [-0.3, -0.25) is 4.79 Å². The lowest BCUT2D eigenvalue weighted by Gasteiger charge is -2.17. The fraction of sp³-hybridized carbons (Fsp3) is 0.167. The van der Waals surface area contributed by atoms with E-state index in [9.17, 15) is 9.18 Å². The molecular formula is C24H20FN5O2. The van der Waals surface area contributed by atoms with E-state index in [0.717, 1.165) is 5.69 Å². The van der Waals surface area contributed by atoms with Crippen LogP contribution in [0.3, 0.4) is 0 Å². The first kappa shape index (κ1) is 19.9. The molecule has 1 atom stereocenters. The second-order valence-corrected chi connectivity index (χ2v) is 7.53. The van der Waals surface area contributed by atoms with Crippen LogP contribution in [0.1, 0.15) is 31.3 Å². The Bertz CT molecular complexity index is 1530. The number of hydrogen-bond acceptors (Lipinski definition) is 6. The quantitative estimate of drug-likeness (QED) is 0.452. The molecule has 8 heteroatoms. The molecule has 0 radical (unpaired) electrons. The van der Waals surface area contributed by atoms with E-state index >= 15 is 0 Å². The SMILES string of the molecule is CCc1nn(C(C)c2oc3cccc(F)c3c(=O)c2-c2ccccc2)c2ncnc(N)c12. The standard InChI is InChI=1S/C24H20FN5O2/c1-3-16-20-23(26)27-12-28-24(20)30(29-16)13(2)22-18(14-8-5-4-6-9-14)21(31)19-15(25)10-7-11-17(19)32-22/h4-13H,3H2,1-2H3,(H2,26,27,28). The highest BCUT2D eigenvalue weighted by atomic mass is 19.1. The van der Waals surface area contributed by atoms with E-state index in [4.69, 9.17) is 15.2 Å². The molecule has 0 aliphatic rings. The summed E-state index contributed by atoms with van der Waals surface area (Å²) in [6.45, 7) is 3.83. The molecule has 0 bridgehead atoms. The predicted octanol–water partition coefficient (Wildman–Crippen LogP) is 4.49. The van der Waals surface area contributed by atoms with Crippen molar-refractivity contribution in [2.24, 2.45) is 0 Å². The Kier molecular flexibility index (Phi) is 4.70. The molecule has 2 N–H and O–H groups in total. The zero-order chi connectivity index (χ0) is 22.4. The van der Waals surface area contributed by atoms with Crippen LogP contribution in [0, 0.1) is 5.82 Å². The number of fused-ring (bicyclic) bond motifs is 2. The lowest BCUT2D eigenvalue weighted by atomic mass is 9.99. The fourth-order valence-corrected chi connectivity index (χ4v) is 4.08. The third-order valence-electron chi connectivity index (χ3n) is 5.63. The highest BCUT2D eigenvalue weighted by Crippen LogP contribution is 2.33. The van der Waals surface area contributed by atoms with Crippen molar-refractivity contribution in [1.82, 2.24) is 19.7 Å². The van der Waals surface area contributed by atoms with Crippen molar-refractivity contribution in [2.45, 2.75) is 26.3 Å². The van der Waals surface area contributed by atoms with Gasteiger partial charge in [0, 0.05) is 0 Å². The first-order chi connectivity index (χ1) is 15.5. The summed E-state index contributed by atoms with van der Waals surface area (Å²) in [7, 11) is 0. The van der Waals surface area contributed by atoms with Crippen LogP contribution < -0.4 is 11.2 Å². The van der Waals surface area contributed by atoms with Gasteiger partial charge in [0.05, 0.1) is 16.6 Å². The first-order valence-corrected chi connectivity index (χ1v) is 10.3. The van der Waals surface area contributed by atoms with Gasteiger partial charge in [-0.05, 0) is 31.0 Å². The predicted molar refractivity (Wildman–Crippen MR) is 121 cm³/mol. The summed E-state index contributed by atoms with van der Waals surface area (Å²) in [5.74, 6) is 0.0881. The minimum absolute atomic E-state index is 0.0755. The molecule has 0 saturated carbocycles. The molecule has 0 aliphatic heterocycles. The van der Waals surface area contributed by atoms with Crippen LogP contribution in [0.5, 0.6) is 0 Å². The number of aromatic nitrogens is 4. The van der Waals surface area contributed by atoms with Gasteiger partial charge in [-0.2, -0.15) is 5.10 Å². The number of benzene rings is 2. The van der Waals surface area contributed by atoms with E-state index in [1.807, 2.05) is 32.0 Å². The molecule has 3 heterocycles. The molecule has 32 heavy (non-hydrogen) atoms. The number of nitrogens with two attached hydrogens (primary N) is 1. The van der Waals surface area contributed by atoms with Crippen molar-refractivity contribution < 1.29 is 8.81 Å². The molecule has 3 aromatic heterocycles. The second-order valence-electron chi connectivity index (χ2n) is 7.53. The van der Waals surface area contributed by atoms with Crippen molar-refractivity contribution in [2.75, 3.05) is 5.73 Å². The smallest absolute Gasteiger partial charge is 0.203 e. The van der Waals surface area contributed by atoms with E-state index in [-0.39, 0.29) is 11.0 Å². The average Bonchev–Trinajstić information content (AvgIpc) is 3.19.